The average Bonchev–Trinajstić information content (AvgIpc) is 3.07. The maximum absolute atomic E-state index is 9.14. The highest BCUT2D eigenvalue weighted by atomic mass is 35.5. The van der Waals surface area contributed by atoms with Crippen molar-refractivity contribution in [3.8, 4) is 6.07 Å². The van der Waals surface area contributed by atoms with Crippen LogP contribution in [0.5, 0.6) is 0 Å². The Bertz CT molecular complexity index is 638. The van der Waals surface area contributed by atoms with Crippen LogP contribution in [0.3, 0.4) is 0 Å². The van der Waals surface area contributed by atoms with Crippen LogP contribution in [-0.2, 0) is 17.2 Å². The van der Waals surface area contributed by atoms with Crippen molar-refractivity contribution in [2.45, 2.75) is 31.4 Å². The van der Waals surface area contributed by atoms with Gasteiger partial charge in [-0.15, -0.1) is 11.6 Å². The summed E-state index contributed by atoms with van der Waals surface area (Å²) in [6.45, 7) is 1.59. The number of nitrogens with zero attached hydrogens (tertiary/aromatic N) is 3. The molecule has 0 spiro atoms. The number of rotatable bonds is 3. The number of nitriles is 1. The zero-order valence-electron chi connectivity index (χ0n) is 10.5. The van der Waals surface area contributed by atoms with Crippen LogP contribution in [0.1, 0.15) is 24.2 Å². The maximum Gasteiger partial charge on any atom is 0.124 e. The van der Waals surface area contributed by atoms with Crippen molar-refractivity contribution in [3.63, 3.8) is 0 Å². The standard InChI is InChI=1S/C14H14ClN3O/c15-7-13-17-14-10(8-16)3-1-5-12(14)18(13)9-11-4-2-6-19-11/h1,3,5,11H,2,4,6-7,9H2. The lowest BCUT2D eigenvalue weighted by atomic mass is 10.2. The quantitative estimate of drug-likeness (QED) is 0.810. The first-order chi connectivity index (χ1) is 9.33. The summed E-state index contributed by atoms with van der Waals surface area (Å²) in [5.74, 6) is 1.14. The average molecular weight is 276 g/mol. The molecule has 1 aromatic heterocycles. The molecule has 0 radical (unpaired) electrons. The van der Waals surface area contributed by atoms with Gasteiger partial charge in [-0.1, -0.05) is 6.07 Å². The second-order valence-electron chi connectivity index (χ2n) is 4.69. The monoisotopic (exact) mass is 275 g/mol. The van der Waals surface area contributed by atoms with Gasteiger partial charge in [0.1, 0.15) is 17.4 Å². The number of para-hydroxylation sites is 1. The van der Waals surface area contributed by atoms with E-state index in [1.165, 1.54) is 0 Å². The summed E-state index contributed by atoms with van der Waals surface area (Å²) in [7, 11) is 0. The Balaban J connectivity index is 2.08. The maximum atomic E-state index is 9.14. The van der Waals surface area contributed by atoms with Crippen LogP contribution in [0.2, 0.25) is 0 Å². The van der Waals surface area contributed by atoms with Crippen LogP contribution >= 0.6 is 11.6 Å². The third kappa shape index (κ3) is 2.20. The van der Waals surface area contributed by atoms with E-state index >= 15 is 0 Å². The van der Waals surface area contributed by atoms with E-state index in [9.17, 15) is 0 Å². The molecule has 19 heavy (non-hydrogen) atoms. The van der Waals surface area contributed by atoms with E-state index in [4.69, 9.17) is 21.6 Å². The molecular formula is C14H14ClN3O. The normalized spacial score (nSPS) is 18.8. The third-order valence-electron chi connectivity index (χ3n) is 3.51. The lowest BCUT2D eigenvalue weighted by Gasteiger charge is -2.13. The molecule has 0 saturated carbocycles. The number of alkyl halides is 1. The number of hydrogen-bond donors (Lipinski definition) is 0. The summed E-state index contributed by atoms with van der Waals surface area (Å²) in [4.78, 5) is 4.50. The van der Waals surface area contributed by atoms with E-state index in [1.807, 2.05) is 12.1 Å². The lowest BCUT2D eigenvalue weighted by molar-refractivity contribution is 0.0974. The first-order valence-electron chi connectivity index (χ1n) is 6.39. The van der Waals surface area contributed by atoms with Gasteiger partial charge in [-0.3, -0.25) is 0 Å². The molecule has 1 aliphatic heterocycles. The smallest absolute Gasteiger partial charge is 0.124 e. The summed E-state index contributed by atoms with van der Waals surface area (Å²) in [6.07, 6.45) is 2.40. The molecule has 1 aliphatic rings. The Morgan fingerprint density at radius 2 is 2.42 bits per heavy atom. The van der Waals surface area contributed by atoms with Crippen LogP contribution < -0.4 is 0 Å². The van der Waals surface area contributed by atoms with Gasteiger partial charge >= 0.3 is 0 Å². The number of halogens is 1. The van der Waals surface area contributed by atoms with E-state index in [0.717, 1.165) is 42.9 Å². The highest BCUT2D eigenvalue weighted by Crippen LogP contribution is 2.23. The summed E-state index contributed by atoms with van der Waals surface area (Å²) >= 11 is 5.98. The molecule has 4 nitrogen and oxygen atoms in total. The van der Waals surface area contributed by atoms with Gasteiger partial charge in [0.25, 0.3) is 0 Å². The highest BCUT2D eigenvalue weighted by molar-refractivity contribution is 6.16. The van der Waals surface area contributed by atoms with Gasteiger partial charge in [0.05, 0.1) is 29.6 Å². The topological polar surface area (TPSA) is 50.8 Å². The summed E-state index contributed by atoms with van der Waals surface area (Å²) in [6, 6.07) is 7.82. The number of aromatic nitrogens is 2. The first-order valence-corrected chi connectivity index (χ1v) is 6.92. The Kier molecular flexibility index (Phi) is 3.41. The first kappa shape index (κ1) is 12.5. The second kappa shape index (κ2) is 5.20. The van der Waals surface area contributed by atoms with Crippen molar-refractivity contribution in [2.75, 3.05) is 6.61 Å². The molecule has 0 N–H and O–H groups in total. The molecule has 1 fully saturated rings. The van der Waals surface area contributed by atoms with Crippen molar-refractivity contribution in [2.24, 2.45) is 0 Å². The fraction of sp³-hybridized carbons (Fsp3) is 0.429. The number of ether oxygens (including phenoxy) is 1. The summed E-state index contributed by atoms with van der Waals surface area (Å²) in [5.41, 5.74) is 2.29. The Morgan fingerprint density at radius 1 is 1.53 bits per heavy atom. The van der Waals surface area contributed by atoms with Gasteiger partial charge < -0.3 is 9.30 Å². The van der Waals surface area contributed by atoms with Gasteiger partial charge in [0.15, 0.2) is 0 Å². The van der Waals surface area contributed by atoms with Crippen LogP contribution in [-0.4, -0.2) is 22.3 Å². The van der Waals surface area contributed by atoms with E-state index in [-0.39, 0.29) is 6.10 Å². The Morgan fingerprint density at radius 3 is 3.11 bits per heavy atom. The van der Waals surface area contributed by atoms with Crippen LogP contribution in [0.25, 0.3) is 11.0 Å². The largest absolute Gasteiger partial charge is 0.376 e. The predicted molar refractivity (Wildman–Crippen MR) is 73.0 cm³/mol. The molecule has 1 aromatic carbocycles. The van der Waals surface area contributed by atoms with Crippen molar-refractivity contribution in [3.05, 3.63) is 29.6 Å². The Labute approximate surface area is 116 Å². The lowest BCUT2D eigenvalue weighted by Crippen LogP contribution is -2.16. The van der Waals surface area contributed by atoms with Gasteiger partial charge in [-0.25, -0.2) is 4.98 Å². The minimum atomic E-state index is 0.227. The van der Waals surface area contributed by atoms with Gasteiger partial charge in [0, 0.05) is 6.61 Å². The molecule has 1 atom stereocenters. The fourth-order valence-electron chi connectivity index (χ4n) is 2.58. The van der Waals surface area contributed by atoms with Crippen molar-refractivity contribution in [1.82, 2.24) is 9.55 Å². The molecule has 0 amide bonds. The van der Waals surface area contributed by atoms with E-state index in [2.05, 4.69) is 15.6 Å². The van der Waals surface area contributed by atoms with E-state index in [0.29, 0.717) is 11.4 Å². The minimum absolute atomic E-state index is 0.227. The number of benzene rings is 1. The van der Waals surface area contributed by atoms with E-state index in [1.54, 1.807) is 6.07 Å². The molecule has 1 saturated heterocycles. The molecule has 2 heterocycles. The molecule has 2 aromatic rings. The van der Waals surface area contributed by atoms with Crippen molar-refractivity contribution >= 4 is 22.6 Å². The number of imidazole rings is 1. The zero-order chi connectivity index (χ0) is 13.2. The van der Waals surface area contributed by atoms with Crippen molar-refractivity contribution < 1.29 is 4.74 Å². The molecule has 0 aliphatic carbocycles. The van der Waals surface area contributed by atoms with Gasteiger partial charge in [-0.05, 0) is 25.0 Å². The molecule has 3 rings (SSSR count). The fourth-order valence-corrected chi connectivity index (χ4v) is 2.79. The van der Waals surface area contributed by atoms with Crippen LogP contribution in [0.15, 0.2) is 18.2 Å². The summed E-state index contributed by atoms with van der Waals surface area (Å²) in [5, 5.41) is 9.14. The molecule has 5 heteroatoms. The molecule has 0 bridgehead atoms. The van der Waals surface area contributed by atoms with Crippen LogP contribution in [0, 0.1) is 11.3 Å². The van der Waals surface area contributed by atoms with Crippen LogP contribution in [0.4, 0.5) is 0 Å². The van der Waals surface area contributed by atoms with Crippen molar-refractivity contribution in [1.29, 1.82) is 5.26 Å². The molecule has 98 valence electrons. The predicted octanol–water partition coefficient (Wildman–Crippen LogP) is 2.83. The minimum Gasteiger partial charge on any atom is -0.376 e. The third-order valence-corrected chi connectivity index (χ3v) is 3.75. The summed E-state index contributed by atoms with van der Waals surface area (Å²) < 4.78 is 7.76. The number of fused-ring (bicyclic) bond motifs is 1. The molecular weight excluding hydrogens is 262 g/mol. The number of hydrogen-bond acceptors (Lipinski definition) is 3. The Hall–Kier alpha value is -1.57. The van der Waals surface area contributed by atoms with E-state index < -0.39 is 0 Å². The highest BCUT2D eigenvalue weighted by Gasteiger charge is 2.20. The second-order valence-corrected chi connectivity index (χ2v) is 4.96. The van der Waals surface area contributed by atoms with Gasteiger partial charge in [-0.2, -0.15) is 5.26 Å². The van der Waals surface area contributed by atoms with Gasteiger partial charge in [0.2, 0.25) is 0 Å². The zero-order valence-corrected chi connectivity index (χ0v) is 11.2. The SMILES string of the molecule is N#Cc1cccc2c1nc(CCl)n2CC1CCCO1. The molecule has 1 unspecified atom stereocenters.